The molecule has 24 heavy (non-hydrogen) atoms. The Labute approximate surface area is 144 Å². The van der Waals surface area contributed by atoms with E-state index in [0.29, 0.717) is 35.2 Å². The lowest BCUT2D eigenvalue weighted by Gasteiger charge is -2.18. The molecule has 0 spiro atoms. The van der Waals surface area contributed by atoms with Gasteiger partial charge in [-0.15, -0.1) is 0 Å². The van der Waals surface area contributed by atoms with E-state index in [1.54, 1.807) is 23.1 Å². The van der Waals surface area contributed by atoms with E-state index in [-0.39, 0.29) is 24.2 Å². The first-order valence-corrected chi connectivity index (χ1v) is 8.07. The Morgan fingerprint density at radius 1 is 1.29 bits per heavy atom. The van der Waals surface area contributed by atoms with Gasteiger partial charge in [0.05, 0.1) is 5.56 Å². The molecule has 2 aromatic rings. The predicted octanol–water partition coefficient (Wildman–Crippen LogP) is 3.73. The first-order valence-electron chi connectivity index (χ1n) is 7.70. The molecule has 0 bridgehead atoms. The van der Waals surface area contributed by atoms with Gasteiger partial charge in [-0.25, -0.2) is 4.39 Å². The molecule has 1 saturated heterocycles. The average molecular weight is 350 g/mol. The van der Waals surface area contributed by atoms with E-state index in [1.165, 1.54) is 24.3 Å². The van der Waals surface area contributed by atoms with Crippen molar-refractivity contribution in [1.29, 1.82) is 0 Å². The number of likely N-dealkylation sites (tertiary alicyclic amines) is 1. The number of hydrogen-bond acceptors (Lipinski definition) is 3. The molecule has 1 amide bonds. The maximum absolute atomic E-state index is 13.0. The second-order valence-corrected chi connectivity index (χ2v) is 6.22. The minimum atomic E-state index is -0.359. The molecule has 4 nitrogen and oxygen atoms in total. The van der Waals surface area contributed by atoms with Crippen LogP contribution >= 0.6 is 11.6 Å². The Morgan fingerprint density at radius 3 is 2.71 bits per heavy atom. The van der Waals surface area contributed by atoms with Gasteiger partial charge in [-0.2, -0.15) is 0 Å². The summed E-state index contributed by atoms with van der Waals surface area (Å²) in [5.41, 5.74) is 0.352. The molecule has 3 rings (SSSR count). The summed E-state index contributed by atoms with van der Waals surface area (Å²) < 4.78 is 18.7. The van der Waals surface area contributed by atoms with Crippen molar-refractivity contribution in [2.24, 2.45) is 5.92 Å². The number of benzene rings is 2. The predicted molar refractivity (Wildman–Crippen MR) is 89.0 cm³/mol. The molecule has 1 aliphatic rings. The fourth-order valence-corrected chi connectivity index (χ4v) is 2.90. The summed E-state index contributed by atoms with van der Waals surface area (Å²) in [7, 11) is 0. The molecule has 6 heteroatoms. The molecule has 0 saturated carbocycles. The van der Waals surface area contributed by atoms with Crippen LogP contribution in [-0.2, 0) is 0 Å². The summed E-state index contributed by atoms with van der Waals surface area (Å²) in [6.45, 7) is 1.17. The number of carbonyl (C=O) groups excluding carboxylic acids is 1. The number of hydrogen-bond donors (Lipinski definition) is 1. The Bertz CT molecular complexity index is 736. The number of aliphatic hydroxyl groups excluding tert-OH is 1. The van der Waals surface area contributed by atoms with Crippen molar-refractivity contribution in [3.63, 3.8) is 0 Å². The van der Waals surface area contributed by atoms with Crippen LogP contribution in [0.4, 0.5) is 4.39 Å². The molecular weight excluding hydrogens is 333 g/mol. The molecule has 2 aromatic carbocycles. The van der Waals surface area contributed by atoms with Crippen molar-refractivity contribution >= 4 is 17.5 Å². The number of amides is 1. The molecule has 1 fully saturated rings. The van der Waals surface area contributed by atoms with E-state index >= 15 is 0 Å². The Kier molecular flexibility index (Phi) is 5.02. The maximum Gasteiger partial charge on any atom is 0.257 e. The van der Waals surface area contributed by atoms with Gasteiger partial charge in [-0.3, -0.25) is 4.79 Å². The van der Waals surface area contributed by atoms with E-state index in [9.17, 15) is 14.3 Å². The standard InChI is InChI=1S/C18H17ClFNO3/c19-13-1-6-17(24-15-4-2-14(20)3-5-15)16(9-13)18(23)21-8-7-12(10-21)11-22/h1-6,9,12,22H,7-8,10-11H2. The van der Waals surface area contributed by atoms with Crippen molar-refractivity contribution in [1.82, 2.24) is 4.90 Å². The van der Waals surface area contributed by atoms with E-state index in [2.05, 4.69) is 0 Å². The van der Waals surface area contributed by atoms with Crippen molar-refractivity contribution in [2.45, 2.75) is 6.42 Å². The molecule has 1 aliphatic heterocycles. The number of ether oxygens (including phenoxy) is 1. The van der Waals surface area contributed by atoms with Crippen LogP contribution in [0.3, 0.4) is 0 Å². The van der Waals surface area contributed by atoms with Crippen molar-refractivity contribution < 1.29 is 19.0 Å². The van der Waals surface area contributed by atoms with Gasteiger partial charge in [0.25, 0.3) is 5.91 Å². The van der Waals surface area contributed by atoms with Gasteiger partial charge in [-0.05, 0) is 48.9 Å². The summed E-state index contributed by atoms with van der Waals surface area (Å²) in [5, 5.41) is 9.67. The van der Waals surface area contributed by atoms with Crippen LogP contribution in [0.1, 0.15) is 16.8 Å². The minimum absolute atomic E-state index is 0.0677. The van der Waals surface area contributed by atoms with Crippen LogP contribution in [0, 0.1) is 11.7 Å². The largest absolute Gasteiger partial charge is 0.457 e. The Hall–Kier alpha value is -2.11. The fourth-order valence-electron chi connectivity index (χ4n) is 2.72. The van der Waals surface area contributed by atoms with Gasteiger partial charge in [-0.1, -0.05) is 11.6 Å². The maximum atomic E-state index is 13.0. The highest BCUT2D eigenvalue weighted by Gasteiger charge is 2.28. The zero-order valence-corrected chi connectivity index (χ0v) is 13.7. The van der Waals surface area contributed by atoms with Gasteiger partial charge >= 0.3 is 0 Å². The number of carbonyl (C=O) groups is 1. The molecule has 126 valence electrons. The molecule has 0 radical (unpaired) electrons. The number of halogens is 2. The quantitative estimate of drug-likeness (QED) is 0.915. The van der Waals surface area contributed by atoms with E-state index in [0.717, 1.165) is 6.42 Å². The summed E-state index contributed by atoms with van der Waals surface area (Å²) >= 11 is 6.03. The highest BCUT2D eigenvalue weighted by molar-refractivity contribution is 6.31. The number of nitrogens with zero attached hydrogens (tertiary/aromatic N) is 1. The molecule has 1 heterocycles. The minimum Gasteiger partial charge on any atom is -0.457 e. The lowest BCUT2D eigenvalue weighted by Crippen LogP contribution is -2.29. The SMILES string of the molecule is O=C(c1cc(Cl)ccc1Oc1ccc(F)cc1)N1CCC(CO)C1. The third-order valence-corrected chi connectivity index (χ3v) is 4.28. The van der Waals surface area contributed by atoms with Crippen LogP contribution in [0.15, 0.2) is 42.5 Å². The fraction of sp³-hybridized carbons (Fsp3) is 0.278. The van der Waals surface area contributed by atoms with Crippen LogP contribution in [-0.4, -0.2) is 35.6 Å². The van der Waals surface area contributed by atoms with Gasteiger partial charge in [0.15, 0.2) is 0 Å². The zero-order chi connectivity index (χ0) is 17.1. The number of rotatable bonds is 4. The second kappa shape index (κ2) is 7.20. The Morgan fingerprint density at radius 2 is 2.04 bits per heavy atom. The van der Waals surface area contributed by atoms with Crippen molar-refractivity contribution in [3.05, 3.63) is 58.9 Å². The average Bonchev–Trinajstić information content (AvgIpc) is 3.07. The van der Waals surface area contributed by atoms with Crippen LogP contribution in [0.25, 0.3) is 0 Å². The molecule has 1 atom stereocenters. The van der Waals surface area contributed by atoms with E-state index in [1.807, 2.05) is 0 Å². The number of aliphatic hydroxyl groups is 1. The van der Waals surface area contributed by atoms with E-state index < -0.39 is 0 Å². The van der Waals surface area contributed by atoms with Gasteiger partial charge < -0.3 is 14.7 Å². The summed E-state index contributed by atoms with van der Waals surface area (Å²) in [6, 6.07) is 10.4. The highest BCUT2D eigenvalue weighted by Crippen LogP contribution is 2.30. The molecule has 0 aliphatic carbocycles. The van der Waals surface area contributed by atoms with Crippen LogP contribution in [0.5, 0.6) is 11.5 Å². The van der Waals surface area contributed by atoms with Crippen LogP contribution in [0.2, 0.25) is 5.02 Å². The topological polar surface area (TPSA) is 49.8 Å². The lowest BCUT2D eigenvalue weighted by atomic mass is 10.1. The summed E-state index contributed by atoms with van der Waals surface area (Å²) in [6.07, 6.45) is 0.775. The molecular formula is C18H17ClFNO3. The molecule has 1 unspecified atom stereocenters. The first kappa shape index (κ1) is 16.7. The molecule has 1 N–H and O–H groups in total. The van der Waals surface area contributed by atoms with E-state index in [4.69, 9.17) is 16.3 Å². The van der Waals surface area contributed by atoms with Gasteiger partial charge in [0, 0.05) is 30.6 Å². The zero-order valence-electron chi connectivity index (χ0n) is 12.9. The lowest BCUT2D eigenvalue weighted by molar-refractivity contribution is 0.0779. The normalized spacial score (nSPS) is 17.1. The van der Waals surface area contributed by atoms with Gasteiger partial charge in [0.2, 0.25) is 0 Å². The molecule has 0 aromatic heterocycles. The third-order valence-electron chi connectivity index (χ3n) is 4.04. The Balaban J connectivity index is 1.85. The highest BCUT2D eigenvalue weighted by atomic mass is 35.5. The third kappa shape index (κ3) is 3.68. The summed E-state index contributed by atoms with van der Waals surface area (Å²) in [4.78, 5) is 14.5. The monoisotopic (exact) mass is 349 g/mol. The van der Waals surface area contributed by atoms with Gasteiger partial charge in [0.1, 0.15) is 17.3 Å². The first-order chi connectivity index (χ1) is 11.6. The van der Waals surface area contributed by atoms with Crippen molar-refractivity contribution in [3.8, 4) is 11.5 Å². The van der Waals surface area contributed by atoms with Crippen molar-refractivity contribution in [2.75, 3.05) is 19.7 Å². The second-order valence-electron chi connectivity index (χ2n) is 5.78. The summed E-state index contributed by atoms with van der Waals surface area (Å²) in [5.74, 6) is 0.355. The smallest absolute Gasteiger partial charge is 0.257 e. The van der Waals surface area contributed by atoms with Crippen LogP contribution < -0.4 is 4.74 Å².